The fourth-order valence-corrected chi connectivity index (χ4v) is 9.96. The van der Waals surface area contributed by atoms with Crippen molar-refractivity contribution in [3.63, 3.8) is 0 Å². The zero-order valence-corrected chi connectivity index (χ0v) is 25.4. The summed E-state index contributed by atoms with van der Waals surface area (Å²) in [6.07, 6.45) is 1.16. The van der Waals surface area contributed by atoms with E-state index in [-0.39, 0.29) is 22.1 Å². The molecule has 2 amide bonds. The van der Waals surface area contributed by atoms with Gasteiger partial charge in [-0.25, -0.2) is 13.3 Å². The molecule has 1 saturated heterocycles. The van der Waals surface area contributed by atoms with Crippen molar-refractivity contribution in [2.45, 2.75) is 68.0 Å². The molecule has 1 saturated carbocycles. The lowest BCUT2D eigenvalue weighted by Crippen LogP contribution is -2.67. The number of hydrogen-bond donors (Lipinski definition) is 0. The number of allylic oxidation sites excluding steroid dienone is 1. The Labute approximate surface area is 236 Å². The number of carbonyl (C=O) groups is 3. The van der Waals surface area contributed by atoms with E-state index in [1.807, 2.05) is 0 Å². The lowest BCUT2D eigenvalue weighted by atomic mass is 9.60. The molecule has 2 bridgehead atoms. The maximum atomic E-state index is 14.8. The topological polar surface area (TPSA) is 107 Å². The molecule has 0 spiro atoms. The lowest BCUT2D eigenvalue weighted by Gasteiger charge is -2.54. The summed E-state index contributed by atoms with van der Waals surface area (Å²) < 4.78 is 39.8. The number of amides is 2. The van der Waals surface area contributed by atoms with Crippen LogP contribution in [0.4, 0.5) is 5.69 Å². The van der Waals surface area contributed by atoms with Crippen molar-refractivity contribution in [1.29, 1.82) is 0 Å². The molecule has 2 aromatic carbocycles. The highest BCUT2D eigenvalue weighted by molar-refractivity contribution is 7.93. The predicted molar refractivity (Wildman–Crippen MR) is 152 cm³/mol. The number of carbonyl (C=O) groups excluding carboxylic acids is 3. The quantitative estimate of drug-likeness (QED) is 0.272. The average molecular weight is 582 g/mol. The Hall–Kier alpha value is -3.08. The van der Waals surface area contributed by atoms with Crippen LogP contribution in [-0.4, -0.2) is 45.4 Å². The summed E-state index contributed by atoms with van der Waals surface area (Å²) in [6.45, 7) is 11.7. The third-order valence-electron chi connectivity index (χ3n) is 9.01. The summed E-state index contributed by atoms with van der Waals surface area (Å²) in [5.41, 5.74) is 0.296. The molecule has 2 fully saturated rings. The van der Waals surface area contributed by atoms with Gasteiger partial charge in [0.05, 0.1) is 22.6 Å². The van der Waals surface area contributed by atoms with Crippen LogP contribution < -0.4 is 4.90 Å². The average Bonchev–Trinajstić information content (AvgIpc) is 3.13. The smallest absolute Gasteiger partial charge is 0.307 e. The monoisotopic (exact) mass is 581 g/mol. The zero-order chi connectivity index (χ0) is 29.3. The van der Waals surface area contributed by atoms with Gasteiger partial charge in [-0.1, -0.05) is 57.2 Å². The van der Waals surface area contributed by atoms with Gasteiger partial charge >= 0.3 is 5.97 Å². The molecule has 4 aliphatic rings. The highest BCUT2D eigenvalue weighted by Crippen LogP contribution is 2.61. The van der Waals surface area contributed by atoms with E-state index in [1.54, 1.807) is 54.6 Å². The number of ether oxygens (including phenoxy) is 1. The highest BCUT2D eigenvalue weighted by atomic mass is 32.2. The number of sulfone groups is 1. The number of hydrogen-bond acceptors (Lipinski definition) is 7. The summed E-state index contributed by atoms with van der Waals surface area (Å²) in [6, 6.07) is 16.2. The Morgan fingerprint density at radius 3 is 2.12 bits per heavy atom. The SMILES string of the molecule is CC(=O)OC1=C[C@@H]2[C@H](O[Si](C)(C)C(C)(C)C)C[C@H]1[C@@H]1C(=O)N(c3ccccc3)C(=O)[C@]21S(=O)(=O)c1ccccc1. The van der Waals surface area contributed by atoms with Crippen molar-refractivity contribution in [2.75, 3.05) is 4.90 Å². The number of nitrogens with zero attached hydrogens (tertiary/aromatic N) is 1. The molecule has 0 N–H and O–H groups in total. The molecule has 3 aliphatic carbocycles. The van der Waals surface area contributed by atoms with Gasteiger partial charge in [-0.3, -0.25) is 14.4 Å². The Morgan fingerprint density at radius 2 is 1.57 bits per heavy atom. The second kappa shape index (κ2) is 9.49. The minimum absolute atomic E-state index is 0.0443. The van der Waals surface area contributed by atoms with Crippen molar-refractivity contribution in [1.82, 2.24) is 0 Å². The number of imide groups is 1. The number of para-hydroxylation sites is 1. The second-order valence-electron chi connectivity index (χ2n) is 12.3. The highest BCUT2D eigenvalue weighted by Gasteiger charge is 2.77. The number of anilines is 1. The van der Waals surface area contributed by atoms with Crippen molar-refractivity contribution in [3.05, 3.63) is 72.5 Å². The van der Waals surface area contributed by atoms with Gasteiger partial charge in [0.15, 0.2) is 22.9 Å². The van der Waals surface area contributed by atoms with Gasteiger partial charge in [0.2, 0.25) is 5.91 Å². The van der Waals surface area contributed by atoms with Crippen molar-refractivity contribution in [3.8, 4) is 0 Å². The van der Waals surface area contributed by atoms with E-state index < -0.39 is 64.5 Å². The van der Waals surface area contributed by atoms with E-state index >= 15 is 0 Å². The van der Waals surface area contributed by atoms with E-state index in [0.717, 1.165) is 4.90 Å². The summed E-state index contributed by atoms with van der Waals surface area (Å²) >= 11 is 0. The van der Waals surface area contributed by atoms with Crippen LogP contribution in [0.2, 0.25) is 18.1 Å². The summed E-state index contributed by atoms with van der Waals surface area (Å²) in [7, 11) is -6.91. The number of fused-ring (bicyclic) bond motifs is 1. The van der Waals surface area contributed by atoms with Crippen LogP contribution in [0.15, 0.2) is 77.4 Å². The van der Waals surface area contributed by atoms with Crippen molar-refractivity contribution in [2.24, 2.45) is 17.8 Å². The summed E-state index contributed by atoms with van der Waals surface area (Å²) in [5.74, 6) is -4.94. The van der Waals surface area contributed by atoms with E-state index in [0.29, 0.717) is 5.69 Å². The molecule has 6 rings (SSSR count). The maximum Gasteiger partial charge on any atom is 0.307 e. The Balaban J connectivity index is 1.78. The van der Waals surface area contributed by atoms with E-state index in [2.05, 4.69) is 33.9 Å². The maximum absolute atomic E-state index is 14.8. The molecule has 0 unspecified atom stereocenters. The van der Waals surface area contributed by atoms with Crippen LogP contribution in [-0.2, 0) is 33.4 Å². The van der Waals surface area contributed by atoms with Crippen LogP contribution in [0, 0.1) is 17.8 Å². The fraction of sp³-hybridized carbons (Fsp3) is 0.433. The fourth-order valence-electron chi connectivity index (χ4n) is 6.20. The number of benzene rings is 2. The third-order valence-corrected chi connectivity index (χ3v) is 16.0. The first-order valence-corrected chi connectivity index (χ1v) is 17.8. The molecule has 5 atom stereocenters. The number of esters is 1. The number of rotatable bonds is 6. The molecule has 8 nitrogen and oxygen atoms in total. The molecular formula is C30H35NO7SSi. The van der Waals surface area contributed by atoms with E-state index in [1.165, 1.54) is 19.1 Å². The molecule has 1 heterocycles. The van der Waals surface area contributed by atoms with Crippen molar-refractivity contribution < 1.29 is 32.0 Å². The molecule has 2 aromatic rings. The Kier molecular flexibility index (Phi) is 6.75. The molecular weight excluding hydrogens is 546 g/mol. The zero-order valence-electron chi connectivity index (χ0n) is 23.6. The Morgan fingerprint density at radius 1 is 1.00 bits per heavy atom. The van der Waals surface area contributed by atoms with Gasteiger partial charge < -0.3 is 9.16 Å². The van der Waals surface area contributed by atoms with Gasteiger partial charge in [-0.15, -0.1) is 0 Å². The van der Waals surface area contributed by atoms with E-state index in [4.69, 9.17) is 9.16 Å². The first-order valence-electron chi connectivity index (χ1n) is 13.5. The third kappa shape index (κ3) is 4.02. The first-order chi connectivity index (χ1) is 18.6. The summed E-state index contributed by atoms with van der Waals surface area (Å²) in [4.78, 5) is 42.0. The van der Waals surface area contributed by atoms with Crippen LogP contribution >= 0.6 is 0 Å². The van der Waals surface area contributed by atoms with Gasteiger partial charge in [0.25, 0.3) is 5.91 Å². The molecule has 40 heavy (non-hydrogen) atoms. The lowest BCUT2D eigenvalue weighted by molar-refractivity contribution is -0.142. The largest absolute Gasteiger partial charge is 0.431 e. The van der Waals surface area contributed by atoms with Crippen LogP contribution in [0.1, 0.15) is 34.1 Å². The van der Waals surface area contributed by atoms with Gasteiger partial charge in [-0.05, 0) is 54.9 Å². The molecule has 1 aliphatic heterocycles. The first kappa shape index (κ1) is 28.4. The van der Waals surface area contributed by atoms with Crippen LogP contribution in [0.5, 0.6) is 0 Å². The molecule has 0 aromatic heterocycles. The molecule has 10 heteroatoms. The van der Waals surface area contributed by atoms with Gasteiger partial charge in [0, 0.05) is 18.8 Å². The minimum atomic E-state index is -4.45. The van der Waals surface area contributed by atoms with Gasteiger partial charge in [0.1, 0.15) is 5.76 Å². The standard InChI is InChI=1S/C30H35NO7SSi/c1-19(32)37-24-18-23-25(38-40(5,6)29(2,3)4)17-22(24)26-27(33)31(20-13-9-7-10-14-20)28(34)30(23,26)39(35,36)21-15-11-8-12-16-21/h7-16,18,22-23,25-26H,17H2,1-6H3/t22-,23-,25-,26-,30+/m1/s1. The van der Waals surface area contributed by atoms with Gasteiger partial charge in [-0.2, -0.15) is 0 Å². The second-order valence-corrected chi connectivity index (χ2v) is 19.3. The predicted octanol–water partition coefficient (Wildman–Crippen LogP) is 4.88. The van der Waals surface area contributed by atoms with Crippen molar-refractivity contribution >= 4 is 41.6 Å². The van der Waals surface area contributed by atoms with Crippen LogP contribution in [0.3, 0.4) is 0 Å². The normalized spacial score (nSPS) is 28.4. The van der Waals surface area contributed by atoms with Crippen LogP contribution in [0.25, 0.3) is 0 Å². The van der Waals surface area contributed by atoms with E-state index in [9.17, 15) is 22.8 Å². The molecule has 212 valence electrons. The summed E-state index contributed by atoms with van der Waals surface area (Å²) in [5, 5.41) is -0.192. The Bertz CT molecular complexity index is 1500. The molecule has 0 radical (unpaired) electrons. The minimum Gasteiger partial charge on any atom is -0.431 e.